The summed E-state index contributed by atoms with van der Waals surface area (Å²) in [5.41, 5.74) is 1.22. The first-order chi connectivity index (χ1) is 25.9. The van der Waals surface area contributed by atoms with Crippen LogP contribution in [0.15, 0.2) is 42.9 Å². The number of hydrogen-bond donors (Lipinski definition) is 9. The van der Waals surface area contributed by atoms with Gasteiger partial charge in [-0.05, 0) is 43.7 Å². The summed E-state index contributed by atoms with van der Waals surface area (Å²) in [5.74, 6) is -5.55. The molecule has 1 aromatic heterocycles. The number of hydrogen-bond acceptors (Lipinski definition) is 10. The number of rotatable bonds is 19. The van der Waals surface area contributed by atoms with Gasteiger partial charge in [0.1, 0.15) is 30.2 Å². The van der Waals surface area contributed by atoms with Gasteiger partial charge in [0.15, 0.2) is 0 Å². The third-order valence-electron chi connectivity index (χ3n) is 9.76. The standard InChI is InChI=1S/C36H51N9O9/c1-3-21(2)30(44-32(49)27(19-46)41-29(47)18-39-31(48)24-11-7-13-38-24)34(51)42-25(16-23-17-37-20-40-23)35(52)45-14-8-12-28(45)33(50)43-26(36(53)54)15-22-9-5-4-6-10-22/h4-6,9-10,17,20-21,24-28,30,38,46H,3,7-8,11-16,18-19H2,1-2H3,(H,37,40)(H,39,48)(H,41,47)(H,42,51)(H,43,50)(H,44,49)(H,53,54)/t21-,24-,25-,26-,27-,28-,30-/m0/s1. The number of aromatic nitrogens is 2. The van der Waals surface area contributed by atoms with Crippen molar-refractivity contribution in [2.45, 2.75) is 95.0 Å². The molecule has 0 spiro atoms. The van der Waals surface area contributed by atoms with Crippen molar-refractivity contribution in [1.29, 1.82) is 0 Å². The number of carbonyl (C=O) groups is 7. The molecule has 2 fully saturated rings. The van der Waals surface area contributed by atoms with E-state index in [1.807, 2.05) is 0 Å². The van der Waals surface area contributed by atoms with Gasteiger partial charge in [0.05, 0.1) is 25.5 Å². The molecule has 6 amide bonds. The van der Waals surface area contributed by atoms with E-state index in [-0.39, 0.29) is 31.7 Å². The van der Waals surface area contributed by atoms with Gasteiger partial charge in [0, 0.05) is 31.3 Å². The molecule has 9 N–H and O–H groups in total. The first-order valence-corrected chi connectivity index (χ1v) is 18.3. The highest BCUT2D eigenvalue weighted by molar-refractivity contribution is 5.97. The monoisotopic (exact) mass is 753 g/mol. The maximum absolute atomic E-state index is 14.2. The van der Waals surface area contributed by atoms with Crippen LogP contribution in [0.4, 0.5) is 0 Å². The predicted octanol–water partition coefficient (Wildman–Crippen LogP) is -1.88. The number of aliphatic hydroxyl groups is 1. The van der Waals surface area contributed by atoms with Crippen molar-refractivity contribution in [3.8, 4) is 0 Å². The fourth-order valence-corrected chi connectivity index (χ4v) is 6.49. The highest BCUT2D eigenvalue weighted by atomic mass is 16.4. The Morgan fingerprint density at radius 3 is 2.30 bits per heavy atom. The van der Waals surface area contributed by atoms with Gasteiger partial charge in [-0.25, -0.2) is 9.78 Å². The minimum absolute atomic E-state index is 0.0410. The Balaban J connectivity index is 1.44. The Bertz CT molecular complexity index is 1600. The fourth-order valence-electron chi connectivity index (χ4n) is 6.49. The summed E-state index contributed by atoms with van der Waals surface area (Å²) in [5, 5.41) is 35.6. The lowest BCUT2D eigenvalue weighted by atomic mass is 9.97. The number of benzene rings is 1. The van der Waals surface area contributed by atoms with E-state index < -0.39 is 90.8 Å². The molecule has 18 nitrogen and oxygen atoms in total. The van der Waals surface area contributed by atoms with E-state index >= 15 is 0 Å². The van der Waals surface area contributed by atoms with E-state index in [0.717, 1.165) is 6.42 Å². The molecule has 7 atom stereocenters. The van der Waals surface area contributed by atoms with Crippen LogP contribution in [-0.2, 0) is 46.4 Å². The van der Waals surface area contributed by atoms with Crippen LogP contribution in [0.2, 0.25) is 0 Å². The third kappa shape index (κ3) is 11.6. The molecule has 0 unspecified atom stereocenters. The molecule has 294 valence electrons. The van der Waals surface area contributed by atoms with E-state index in [9.17, 15) is 43.8 Å². The van der Waals surface area contributed by atoms with Crippen LogP contribution < -0.4 is 31.9 Å². The lowest BCUT2D eigenvalue weighted by Gasteiger charge is -2.31. The van der Waals surface area contributed by atoms with Crippen molar-refractivity contribution in [3.63, 3.8) is 0 Å². The lowest BCUT2D eigenvalue weighted by Crippen LogP contribution is -2.61. The summed E-state index contributed by atoms with van der Waals surface area (Å²) >= 11 is 0. The van der Waals surface area contributed by atoms with Crippen LogP contribution in [0.3, 0.4) is 0 Å². The first-order valence-electron chi connectivity index (χ1n) is 18.3. The maximum atomic E-state index is 14.2. The summed E-state index contributed by atoms with van der Waals surface area (Å²) < 4.78 is 0. The van der Waals surface area contributed by atoms with Crippen LogP contribution in [0.5, 0.6) is 0 Å². The van der Waals surface area contributed by atoms with E-state index in [1.165, 1.54) is 17.4 Å². The number of aliphatic hydroxyl groups excluding tert-OH is 1. The van der Waals surface area contributed by atoms with Crippen molar-refractivity contribution in [2.24, 2.45) is 5.92 Å². The van der Waals surface area contributed by atoms with Gasteiger partial charge < -0.3 is 52.0 Å². The highest BCUT2D eigenvalue weighted by Crippen LogP contribution is 2.21. The smallest absolute Gasteiger partial charge is 0.326 e. The summed E-state index contributed by atoms with van der Waals surface area (Å²) in [6.07, 6.45) is 5.53. The largest absolute Gasteiger partial charge is 0.480 e. The summed E-state index contributed by atoms with van der Waals surface area (Å²) in [4.78, 5) is 100. The number of imidazole rings is 1. The van der Waals surface area contributed by atoms with Gasteiger partial charge in [-0.15, -0.1) is 0 Å². The minimum atomic E-state index is -1.44. The number of carboxylic acid groups (broad SMARTS) is 1. The lowest BCUT2D eigenvalue weighted by molar-refractivity contribution is -0.145. The molecule has 18 heteroatoms. The van der Waals surface area contributed by atoms with E-state index in [2.05, 4.69) is 41.9 Å². The van der Waals surface area contributed by atoms with Gasteiger partial charge in [-0.3, -0.25) is 28.8 Å². The third-order valence-corrected chi connectivity index (χ3v) is 9.76. The SMILES string of the molecule is CC[C@H](C)[C@H](NC(=O)[C@H](CO)NC(=O)CNC(=O)[C@@H]1CCCN1)C(=O)N[C@@H](Cc1cnc[nH]1)C(=O)N1CCC[C@H]1C(=O)N[C@@H](Cc1ccccc1)C(=O)O. The molecular weight excluding hydrogens is 702 g/mol. The Kier molecular flexibility index (Phi) is 15.5. The van der Waals surface area contributed by atoms with Crippen LogP contribution >= 0.6 is 0 Å². The molecule has 2 aliphatic heterocycles. The molecule has 3 heterocycles. The molecule has 54 heavy (non-hydrogen) atoms. The molecule has 0 saturated carbocycles. The van der Waals surface area contributed by atoms with Crippen molar-refractivity contribution >= 4 is 41.4 Å². The predicted molar refractivity (Wildman–Crippen MR) is 193 cm³/mol. The van der Waals surface area contributed by atoms with Crippen molar-refractivity contribution in [1.82, 2.24) is 46.8 Å². The second-order valence-corrected chi connectivity index (χ2v) is 13.7. The second kappa shape index (κ2) is 20.2. The van der Waals surface area contributed by atoms with Gasteiger partial charge in [-0.1, -0.05) is 50.6 Å². The number of nitrogens with one attached hydrogen (secondary N) is 7. The Morgan fingerprint density at radius 2 is 1.67 bits per heavy atom. The number of carbonyl (C=O) groups excluding carboxylic acids is 6. The van der Waals surface area contributed by atoms with Crippen LogP contribution in [-0.4, -0.2) is 129 Å². The summed E-state index contributed by atoms with van der Waals surface area (Å²) in [6.45, 7) is 3.17. The number of carboxylic acids is 1. The zero-order valence-corrected chi connectivity index (χ0v) is 30.5. The second-order valence-electron chi connectivity index (χ2n) is 13.7. The van der Waals surface area contributed by atoms with Crippen molar-refractivity contribution < 1.29 is 43.8 Å². The van der Waals surface area contributed by atoms with Gasteiger partial charge in [0.25, 0.3) is 0 Å². The first kappa shape index (κ1) is 41.4. The van der Waals surface area contributed by atoms with Crippen molar-refractivity contribution in [2.75, 3.05) is 26.2 Å². The molecule has 1 aromatic carbocycles. The van der Waals surface area contributed by atoms with Crippen LogP contribution in [0.25, 0.3) is 0 Å². The Hall–Kier alpha value is -5.36. The zero-order valence-electron chi connectivity index (χ0n) is 30.5. The molecular formula is C36H51N9O9. The molecule has 2 aromatic rings. The molecule has 2 aliphatic rings. The number of amides is 6. The average Bonchev–Trinajstić information content (AvgIpc) is 3.98. The normalized spacial score (nSPS) is 19.4. The van der Waals surface area contributed by atoms with Gasteiger partial charge >= 0.3 is 5.97 Å². The van der Waals surface area contributed by atoms with E-state index in [4.69, 9.17) is 0 Å². The molecule has 0 aliphatic carbocycles. The molecule has 2 saturated heterocycles. The number of likely N-dealkylation sites (tertiary alicyclic amines) is 1. The molecule has 0 radical (unpaired) electrons. The summed E-state index contributed by atoms with van der Waals surface area (Å²) in [6, 6.07) is 2.33. The highest BCUT2D eigenvalue weighted by Gasteiger charge is 2.40. The Labute approximate surface area is 313 Å². The van der Waals surface area contributed by atoms with Crippen LogP contribution in [0.1, 0.15) is 57.2 Å². The molecule has 0 bridgehead atoms. The van der Waals surface area contributed by atoms with E-state index in [0.29, 0.717) is 37.1 Å². The van der Waals surface area contributed by atoms with Gasteiger partial charge in [0.2, 0.25) is 35.4 Å². The maximum Gasteiger partial charge on any atom is 0.326 e. The van der Waals surface area contributed by atoms with Crippen LogP contribution in [0, 0.1) is 5.92 Å². The van der Waals surface area contributed by atoms with E-state index in [1.54, 1.807) is 44.2 Å². The fraction of sp³-hybridized carbons (Fsp3) is 0.556. The van der Waals surface area contributed by atoms with Gasteiger partial charge in [-0.2, -0.15) is 0 Å². The number of H-pyrrole nitrogens is 1. The van der Waals surface area contributed by atoms with Crippen molar-refractivity contribution in [3.05, 3.63) is 54.1 Å². The number of nitrogens with zero attached hydrogens (tertiary/aromatic N) is 2. The number of aromatic amines is 1. The topological polar surface area (TPSA) is 264 Å². The summed E-state index contributed by atoms with van der Waals surface area (Å²) in [7, 11) is 0. The average molecular weight is 754 g/mol. The number of aliphatic carboxylic acids is 1. The molecule has 4 rings (SSSR count). The quantitative estimate of drug-likeness (QED) is 0.0767. The minimum Gasteiger partial charge on any atom is -0.480 e. The zero-order chi connectivity index (χ0) is 39.2. The Morgan fingerprint density at radius 1 is 0.907 bits per heavy atom.